The molecule has 2 fully saturated rings. The number of guanidine groups is 1. The van der Waals surface area contributed by atoms with Crippen molar-refractivity contribution >= 4 is 5.96 Å². The molecular weight excluding hydrogens is 397 g/mol. The van der Waals surface area contributed by atoms with Gasteiger partial charge in [-0.1, -0.05) is 12.1 Å². The van der Waals surface area contributed by atoms with Gasteiger partial charge in [0.1, 0.15) is 6.10 Å². The third-order valence-electron chi connectivity index (χ3n) is 5.74. The highest BCUT2D eigenvalue weighted by Gasteiger charge is 2.32. The molecule has 9 heteroatoms. The van der Waals surface area contributed by atoms with E-state index in [0.717, 1.165) is 38.1 Å². The summed E-state index contributed by atoms with van der Waals surface area (Å²) < 4.78 is 50.2. The van der Waals surface area contributed by atoms with E-state index in [1.165, 1.54) is 18.6 Å². The van der Waals surface area contributed by atoms with Crippen molar-refractivity contribution in [2.75, 3.05) is 60.1 Å². The molecule has 0 aromatic heterocycles. The second-order valence-electron chi connectivity index (χ2n) is 7.68. The minimum absolute atomic E-state index is 0.427. The summed E-state index contributed by atoms with van der Waals surface area (Å²) >= 11 is 0. The highest BCUT2D eigenvalue weighted by Crippen LogP contribution is 2.32. The van der Waals surface area contributed by atoms with E-state index in [1.54, 1.807) is 20.2 Å². The maximum atomic E-state index is 13.1. The monoisotopic (exact) mass is 428 g/mol. The largest absolute Gasteiger partial charge is 0.416 e. The van der Waals surface area contributed by atoms with E-state index in [2.05, 4.69) is 20.1 Å². The van der Waals surface area contributed by atoms with E-state index in [9.17, 15) is 13.2 Å². The molecule has 168 valence electrons. The molecule has 0 saturated carbocycles. The molecule has 6 nitrogen and oxygen atoms in total. The van der Waals surface area contributed by atoms with E-state index in [0.29, 0.717) is 37.9 Å². The van der Waals surface area contributed by atoms with Crippen LogP contribution in [0.2, 0.25) is 0 Å². The third-order valence-corrected chi connectivity index (χ3v) is 5.74. The first-order valence-corrected chi connectivity index (χ1v) is 10.4. The van der Waals surface area contributed by atoms with Crippen LogP contribution in [0.1, 0.15) is 30.1 Å². The highest BCUT2D eigenvalue weighted by atomic mass is 19.4. The molecule has 2 aliphatic rings. The Balaban J connectivity index is 1.60. The van der Waals surface area contributed by atoms with Crippen LogP contribution in [0.4, 0.5) is 13.2 Å². The van der Waals surface area contributed by atoms with Crippen molar-refractivity contribution in [2.45, 2.75) is 31.2 Å². The lowest BCUT2D eigenvalue weighted by Crippen LogP contribution is -2.51. The first-order chi connectivity index (χ1) is 14.4. The van der Waals surface area contributed by atoms with Crippen LogP contribution in [-0.4, -0.2) is 81.9 Å². The molecule has 2 aliphatic heterocycles. The van der Waals surface area contributed by atoms with Gasteiger partial charge in [0.15, 0.2) is 5.96 Å². The quantitative estimate of drug-likeness (QED) is 0.558. The van der Waals surface area contributed by atoms with Crippen LogP contribution < -0.4 is 5.32 Å². The fourth-order valence-corrected chi connectivity index (χ4v) is 4.13. The number of benzene rings is 1. The zero-order valence-corrected chi connectivity index (χ0v) is 17.6. The summed E-state index contributed by atoms with van der Waals surface area (Å²) in [6, 6.07) is 5.81. The number of hydrogen-bond donors (Lipinski definition) is 1. The number of nitrogens with one attached hydrogen (secondary N) is 1. The number of aliphatic imine (C=N–C) groups is 1. The van der Waals surface area contributed by atoms with Crippen LogP contribution in [0.5, 0.6) is 0 Å². The predicted molar refractivity (Wildman–Crippen MR) is 110 cm³/mol. The molecule has 0 amide bonds. The maximum Gasteiger partial charge on any atom is 0.416 e. The smallest absolute Gasteiger partial charge is 0.383 e. The van der Waals surface area contributed by atoms with Crippen LogP contribution in [0.3, 0.4) is 0 Å². The van der Waals surface area contributed by atoms with Gasteiger partial charge in [0.05, 0.1) is 25.3 Å². The Labute approximate surface area is 176 Å². The summed E-state index contributed by atoms with van der Waals surface area (Å²) in [5.74, 6) is 0.758. The van der Waals surface area contributed by atoms with Crippen LogP contribution in [0, 0.1) is 0 Å². The molecule has 0 radical (unpaired) electrons. The van der Waals surface area contributed by atoms with E-state index in [1.807, 2.05) is 0 Å². The van der Waals surface area contributed by atoms with Gasteiger partial charge in [0, 0.05) is 39.8 Å². The summed E-state index contributed by atoms with van der Waals surface area (Å²) in [5, 5.41) is 3.45. The predicted octanol–water partition coefficient (Wildman–Crippen LogP) is 2.76. The number of hydrogen-bond acceptors (Lipinski definition) is 4. The minimum Gasteiger partial charge on any atom is -0.383 e. The first-order valence-electron chi connectivity index (χ1n) is 10.4. The number of rotatable bonds is 6. The van der Waals surface area contributed by atoms with Crippen LogP contribution in [0.25, 0.3) is 0 Å². The highest BCUT2D eigenvalue weighted by molar-refractivity contribution is 5.80. The maximum absolute atomic E-state index is 13.1. The average Bonchev–Trinajstić information content (AvgIpc) is 3.20. The zero-order valence-electron chi connectivity index (χ0n) is 17.6. The molecule has 1 N–H and O–H groups in total. The number of likely N-dealkylation sites (tertiary alicyclic amines) is 1. The summed E-state index contributed by atoms with van der Waals surface area (Å²) in [7, 11) is 3.44. The van der Waals surface area contributed by atoms with Crippen molar-refractivity contribution < 1.29 is 22.6 Å². The van der Waals surface area contributed by atoms with Crippen molar-refractivity contribution in [2.24, 2.45) is 4.99 Å². The van der Waals surface area contributed by atoms with E-state index in [-0.39, 0.29) is 0 Å². The summed E-state index contributed by atoms with van der Waals surface area (Å²) in [6.45, 7) is 5.02. The Morgan fingerprint density at radius 3 is 2.90 bits per heavy atom. The Kier molecular flexibility index (Phi) is 7.96. The molecule has 2 heterocycles. The molecule has 3 rings (SSSR count). The van der Waals surface area contributed by atoms with Gasteiger partial charge in [0.25, 0.3) is 0 Å². The number of ether oxygens (including phenoxy) is 2. The fraction of sp³-hybridized carbons (Fsp3) is 0.667. The lowest BCUT2D eigenvalue weighted by atomic mass is 10.0. The lowest BCUT2D eigenvalue weighted by Gasteiger charge is -2.36. The summed E-state index contributed by atoms with van der Waals surface area (Å²) in [5.41, 5.74) is -0.118. The van der Waals surface area contributed by atoms with Gasteiger partial charge in [-0.15, -0.1) is 0 Å². The molecule has 30 heavy (non-hydrogen) atoms. The van der Waals surface area contributed by atoms with E-state index >= 15 is 0 Å². The Morgan fingerprint density at radius 1 is 1.33 bits per heavy atom. The molecule has 0 aliphatic carbocycles. The number of methoxy groups -OCH3 is 1. The van der Waals surface area contributed by atoms with Crippen molar-refractivity contribution in [3.8, 4) is 0 Å². The molecule has 0 bridgehead atoms. The molecule has 1 aromatic rings. The lowest BCUT2D eigenvalue weighted by molar-refractivity contribution is -0.137. The number of alkyl halides is 3. The van der Waals surface area contributed by atoms with Gasteiger partial charge in [-0.2, -0.15) is 13.2 Å². The third kappa shape index (κ3) is 5.86. The normalized spacial score (nSPS) is 23.8. The van der Waals surface area contributed by atoms with Crippen molar-refractivity contribution in [1.82, 2.24) is 15.1 Å². The molecule has 1 aromatic carbocycles. The van der Waals surface area contributed by atoms with Crippen molar-refractivity contribution in [3.05, 3.63) is 35.4 Å². The number of halogens is 3. The van der Waals surface area contributed by atoms with Gasteiger partial charge < -0.3 is 19.7 Å². The molecule has 2 unspecified atom stereocenters. The number of morpholine rings is 1. The van der Waals surface area contributed by atoms with E-state index in [4.69, 9.17) is 9.47 Å². The first kappa shape index (κ1) is 22.8. The number of nitrogens with zero attached hydrogens (tertiary/aromatic N) is 3. The fourth-order valence-electron chi connectivity index (χ4n) is 4.13. The van der Waals surface area contributed by atoms with Crippen LogP contribution in [-0.2, 0) is 15.7 Å². The summed E-state index contributed by atoms with van der Waals surface area (Å²) in [6.07, 6.45) is -2.49. The van der Waals surface area contributed by atoms with Crippen molar-refractivity contribution in [1.29, 1.82) is 0 Å². The van der Waals surface area contributed by atoms with Gasteiger partial charge in [-0.3, -0.25) is 9.89 Å². The topological polar surface area (TPSA) is 49.3 Å². The van der Waals surface area contributed by atoms with E-state index < -0.39 is 17.8 Å². The van der Waals surface area contributed by atoms with Gasteiger partial charge in [0.2, 0.25) is 0 Å². The molecule has 0 spiro atoms. The molecule has 2 atom stereocenters. The Hall–Kier alpha value is -1.84. The minimum atomic E-state index is -4.36. The average molecular weight is 428 g/mol. The van der Waals surface area contributed by atoms with Crippen molar-refractivity contribution in [3.63, 3.8) is 0 Å². The SMILES string of the molecule is CN=C(NCC1CCCN1CCOC)N1CCOC(c2cccc(C(F)(F)F)c2)C1. The van der Waals surface area contributed by atoms with Gasteiger partial charge >= 0.3 is 6.18 Å². The Morgan fingerprint density at radius 2 is 2.17 bits per heavy atom. The second kappa shape index (κ2) is 10.5. The zero-order chi connectivity index (χ0) is 21.6. The van der Waals surface area contributed by atoms with Gasteiger partial charge in [-0.25, -0.2) is 0 Å². The molecule has 2 saturated heterocycles. The van der Waals surface area contributed by atoms with Crippen LogP contribution >= 0.6 is 0 Å². The van der Waals surface area contributed by atoms with Crippen LogP contribution in [0.15, 0.2) is 29.3 Å². The van der Waals surface area contributed by atoms with Gasteiger partial charge in [-0.05, 0) is 37.1 Å². The second-order valence-corrected chi connectivity index (χ2v) is 7.68. The Bertz CT molecular complexity index is 714. The molecular formula is C21H31F3N4O2. The standard InChI is InChI=1S/C21H31F3N4O2/c1-25-20(26-14-18-7-4-8-27(18)9-11-29-2)28-10-12-30-19(15-28)16-5-3-6-17(13-16)21(22,23)24/h3,5-6,13,18-19H,4,7-12,14-15H2,1-2H3,(H,25,26). The summed E-state index contributed by atoms with van der Waals surface area (Å²) in [4.78, 5) is 8.88.